The average Bonchev–Trinajstić information content (AvgIpc) is 2.39. The van der Waals surface area contributed by atoms with E-state index in [1.54, 1.807) is 6.08 Å². The zero-order chi connectivity index (χ0) is 13.5. The average molecular weight is 248 g/mol. The molecule has 0 radical (unpaired) electrons. The third kappa shape index (κ3) is 13.0. The summed E-state index contributed by atoms with van der Waals surface area (Å²) in [5.41, 5.74) is 0. The quantitative estimate of drug-likeness (QED) is 0.311. The van der Waals surface area contributed by atoms with E-state index in [4.69, 9.17) is 5.11 Å². The SMILES string of the molecule is C=CC(O)C=CC=CC/C=C\CCCCCCC. The summed E-state index contributed by atoms with van der Waals surface area (Å²) in [4.78, 5) is 0. The van der Waals surface area contributed by atoms with Gasteiger partial charge in [-0.1, -0.05) is 75.1 Å². The molecular formula is C17H28O. The Kier molecular flexibility index (Phi) is 13.1. The third-order valence-corrected chi connectivity index (χ3v) is 2.71. The van der Waals surface area contributed by atoms with Crippen molar-refractivity contribution in [1.29, 1.82) is 0 Å². The third-order valence-electron chi connectivity index (χ3n) is 2.71. The molecule has 1 N–H and O–H groups in total. The number of allylic oxidation sites excluding steroid dienone is 5. The fraction of sp³-hybridized carbons (Fsp3) is 0.529. The van der Waals surface area contributed by atoms with Gasteiger partial charge < -0.3 is 5.11 Å². The Labute approximate surface area is 113 Å². The molecule has 0 fully saturated rings. The summed E-state index contributed by atoms with van der Waals surface area (Å²) in [6.07, 6.45) is 21.9. The summed E-state index contributed by atoms with van der Waals surface area (Å²) in [7, 11) is 0. The molecule has 102 valence electrons. The van der Waals surface area contributed by atoms with E-state index in [1.807, 2.05) is 12.2 Å². The van der Waals surface area contributed by atoms with Crippen molar-refractivity contribution in [2.24, 2.45) is 0 Å². The van der Waals surface area contributed by atoms with Gasteiger partial charge in [0, 0.05) is 0 Å². The van der Waals surface area contributed by atoms with Crippen LogP contribution in [0.3, 0.4) is 0 Å². The van der Waals surface area contributed by atoms with Crippen LogP contribution in [0.25, 0.3) is 0 Å². The van der Waals surface area contributed by atoms with Crippen molar-refractivity contribution in [1.82, 2.24) is 0 Å². The molecule has 0 aliphatic heterocycles. The minimum absolute atomic E-state index is 0.534. The molecule has 1 atom stereocenters. The topological polar surface area (TPSA) is 20.2 Å². The van der Waals surface area contributed by atoms with Crippen LogP contribution < -0.4 is 0 Å². The molecular weight excluding hydrogens is 220 g/mol. The maximum atomic E-state index is 9.17. The summed E-state index contributed by atoms with van der Waals surface area (Å²) < 4.78 is 0. The highest BCUT2D eigenvalue weighted by Gasteiger charge is 1.86. The molecule has 0 aromatic heterocycles. The van der Waals surface area contributed by atoms with Crippen molar-refractivity contribution in [2.45, 2.75) is 58.0 Å². The lowest BCUT2D eigenvalue weighted by Gasteiger charge is -1.95. The molecule has 0 aromatic rings. The number of hydrogen-bond acceptors (Lipinski definition) is 1. The molecule has 0 heterocycles. The van der Waals surface area contributed by atoms with Crippen LogP contribution in [-0.2, 0) is 0 Å². The molecule has 0 amide bonds. The van der Waals surface area contributed by atoms with Crippen LogP contribution in [0.15, 0.2) is 49.1 Å². The van der Waals surface area contributed by atoms with E-state index >= 15 is 0 Å². The van der Waals surface area contributed by atoms with Crippen LogP contribution in [0.5, 0.6) is 0 Å². The van der Waals surface area contributed by atoms with Crippen LogP contribution in [0.1, 0.15) is 51.9 Å². The largest absolute Gasteiger partial charge is 0.385 e. The van der Waals surface area contributed by atoms with E-state index in [1.165, 1.54) is 44.6 Å². The van der Waals surface area contributed by atoms with Gasteiger partial charge in [-0.15, -0.1) is 6.58 Å². The Morgan fingerprint density at radius 3 is 2.50 bits per heavy atom. The van der Waals surface area contributed by atoms with E-state index in [0.717, 1.165) is 6.42 Å². The Morgan fingerprint density at radius 1 is 1.00 bits per heavy atom. The molecule has 0 aromatic carbocycles. The summed E-state index contributed by atoms with van der Waals surface area (Å²) in [5, 5.41) is 9.17. The van der Waals surface area contributed by atoms with Gasteiger partial charge in [0.2, 0.25) is 0 Å². The van der Waals surface area contributed by atoms with Gasteiger partial charge in [-0.3, -0.25) is 0 Å². The first-order valence-corrected chi connectivity index (χ1v) is 7.10. The van der Waals surface area contributed by atoms with Gasteiger partial charge in [0.15, 0.2) is 0 Å². The van der Waals surface area contributed by atoms with Gasteiger partial charge in [-0.05, 0) is 19.3 Å². The highest BCUT2D eigenvalue weighted by atomic mass is 16.3. The van der Waals surface area contributed by atoms with Crippen LogP contribution in [-0.4, -0.2) is 11.2 Å². The highest BCUT2D eigenvalue weighted by Crippen LogP contribution is 2.05. The molecule has 0 aliphatic carbocycles. The Morgan fingerprint density at radius 2 is 1.78 bits per heavy atom. The molecule has 0 spiro atoms. The fourth-order valence-electron chi connectivity index (χ4n) is 1.57. The molecule has 1 nitrogen and oxygen atoms in total. The molecule has 0 saturated carbocycles. The molecule has 0 rings (SSSR count). The lowest BCUT2D eigenvalue weighted by atomic mass is 10.1. The van der Waals surface area contributed by atoms with Crippen molar-refractivity contribution in [3.63, 3.8) is 0 Å². The molecule has 1 heteroatoms. The Balaban J connectivity index is 3.39. The van der Waals surface area contributed by atoms with Gasteiger partial charge in [0.05, 0.1) is 6.10 Å². The zero-order valence-electron chi connectivity index (χ0n) is 11.7. The minimum atomic E-state index is -0.534. The van der Waals surface area contributed by atoms with E-state index in [-0.39, 0.29) is 0 Å². The second kappa shape index (κ2) is 14.0. The normalized spacial score (nSPS) is 13.9. The van der Waals surface area contributed by atoms with Gasteiger partial charge >= 0.3 is 0 Å². The van der Waals surface area contributed by atoms with E-state index in [0.29, 0.717) is 0 Å². The van der Waals surface area contributed by atoms with Crippen molar-refractivity contribution < 1.29 is 5.11 Å². The summed E-state index contributed by atoms with van der Waals surface area (Å²) in [6, 6.07) is 0. The molecule has 0 aliphatic rings. The first kappa shape index (κ1) is 16.9. The minimum Gasteiger partial charge on any atom is -0.385 e. The number of unbranched alkanes of at least 4 members (excludes halogenated alkanes) is 5. The monoisotopic (exact) mass is 248 g/mol. The van der Waals surface area contributed by atoms with Crippen LogP contribution in [0.4, 0.5) is 0 Å². The predicted molar refractivity (Wildman–Crippen MR) is 81.6 cm³/mol. The first-order chi connectivity index (χ1) is 8.81. The van der Waals surface area contributed by atoms with Crippen molar-refractivity contribution >= 4 is 0 Å². The fourth-order valence-corrected chi connectivity index (χ4v) is 1.57. The molecule has 1 unspecified atom stereocenters. The first-order valence-electron chi connectivity index (χ1n) is 7.10. The van der Waals surface area contributed by atoms with Crippen LogP contribution in [0.2, 0.25) is 0 Å². The maximum Gasteiger partial charge on any atom is 0.0903 e. The van der Waals surface area contributed by atoms with Crippen LogP contribution in [0, 0.1) is 0 Å². The smallest absolute Gasteiger partial charge is 0.0903 e. The van der Waals surface area contributed by atoms with E-state index in [9.17, 15) is 0 Å². The maximum absolute atomic E-state index is 9.17. The highest BCUT2D eigenvalue weighted by molar-refractivity contribution is 5.09. The van der Waals surface area contributed by atoms with Crippen molar-refractivity contribution in [3.8, 4) is 0 Å². The molecule has 18 heavy (non-hydrogen) atoms. The Hall–Kier alpha value is -1.08. The summed E-state index contributed by atoms with van der Waals surface area (Å²) >= 11 is 0. The van der Waals surface area contributed by atoms with Gasteiger partial charge in [0.25, 0.3) is 0 Å². The number of aliphatic hydroxyl groups is 1. The summed E-state index contributed by atoms with van der Waals surface area (Å²) in [6.45, 7) is 5.74. The molecule has 0 bridgehead atoms. The molecule has 0 saturated heterocycles. The van der Waals surface area contributed by atoms with Crippen molar-refractivity contribution in [2.75, 3.05) is 0 Å². The number of rotatable bonds is 11. The van der Waals surface area contributed by atoms with Crippen LogP contribution >= 0.6 is 0 Å². The van der Waals surface area contributed by atoms with Crippen molar-refractivity contribution in [3.05, 3.63) is 49.1 Å². The second-order valence-corrected chi connectivity index (χ2v) is 4.45. The van der Waals surface area contributed by atoms with Gasteiger partial charge in [0.1, 0.15) is 0 Å². The van der Waals surface area contributed by atoms with E-state index in [2.05, 4.69) is 31.7 Å². The summed E-state index contributed by atoms with van der Waals surface area (Å²) in [5.74, 6) is 0. The van der Waals surface area contributed by atoms with Gasteiger partial charge in [-0.2, -0.15) is 0 Å². The standard InChI is InChI=1S/C17H28O/c1-3-5-6-7-8-9-10-11-12-13-14-15-16-17(18)4-2/h4,10-11,13-18H,2-3,5-9,12H2,1H3/b11-10-,14-13?,16-15?. The predicted octanol–water partition coefficient (Wildman–Crippen LogP) is 4.95. The second-order valence-electron chi connectivity index (χ2n) is 4.45. The number of hydrogen-bond donors (Lipinski definition) is 1. The number of aliphatic hydroxyl groups excluding tert-OH is 1. The Bertz CT molecular complexity index is 261. The lowest BCUT2D eigenvalue weighted by molar-refractivity contribution is 0.272. The van der Waals surface area contributed by atoms with Gasteiger partial charge in [-0.25, -0.2) is 0 Å². The zero-order valence-corrected chi connectivity index (χ0v) is 11.7. The van der Waals surface area contributed by atoms with E-state index < -0.39 is 6.10 Å². The lowest BCUT2D eigenvalue weighted by Crippen LogP contribution is -1.93.